The second-order valence-electron chi connectivity index (χ2n) is 6.17. The summed E-state index contributed by atoms with van der Waals surface area (Å²) in [6, 6.07) is 19.7. The number of hydrogen-bond donors (Lipinski definition) is 1. The smallest absolute Gasteiger partial charge is 0.119 e. The van der Waals surface area contributed by atoms with E-state index in [1.54, 1.807) is 0 Å². The first-order valence-electron chi connectivity index (χ1n) is 8.68. The predicted molar refractivity (Wildman–Crippen MR) is 98.1 cm³/mol. The van der Waals surface area contributed by atoms with Crippen molar-refractivity contribution in [2.75, 3.05) is 13.7 Å². The maximum absolute atomic E-state index is 5.70. The van der Waals surface area contributed by atoms with Crippen LogP contribution in [0.25, 0.3) is 0 Å². The van der Waals surface area contributed by atoms with Crippen molar-refractivity contribution < 1.29 is 4.74 Å². The minimum atomic E-state index is 0.801. The average molecular weight is 311 g/mol. The molecule has 2 aromatic carbocycles. The van der Waals surface area contributed by atoms with Crippen molar-refractivity contribution in [3.05, 3.63) is 65.7 Å². The van der Waals surface area contributed by atoms with Gasteiger partial charge in [0, 0.05) is 6.04 Å². The molecule has 1 aliphatic carbocycles. The number of nitrogens with one attached hydrogen (secondary N) is 1. The summed E-state index contributed by atoms with van der Waals surface area (Å²) in [6.07, 6.45) is 6.21. The van der Waals surface area contributed by atoms with E-state index in [1.165, 1.54) is 30.4 Å². The number of benzene rings is 2. The quantitative estimate of drug-likeness (QED) is 0.744. The molecular weight excluding hydrogens is 282 g/mol. The van der Waals surface area contributed by atoms with Crippen LogP contribution in [0.4, 0.5) is 0 Å². The van der Waals surface area contributed by atoms with Crippen LogP contribution < -0.4 is 10.1 Å². The Kier molecular flexibility index (Phi) is 7.68. The molecule has 0 spiro atoms. The lowest BCUT2D eigenvalue weighted by molar-refractivity contribution is 0.307. The predicted octanol–water partition coefficient (Wildman–Crippen LogP) is 4.76. The fourth-order valence-electron chi connectivity index (χ4n) is 2.27. The molecule has 2 nitrogen and oxygen atoms in total. The maximum Gasteiger partial charge on any atom is 0.119 e. The largest absolute Gasteiger partial charge is 0.494 e. The minimum Gasteiger partial charge on any atom is -0.494 e. The van der Waals surface area contributed by atoms with Crippen molar-refractivity contribution in [3.8, 4) is 5.75 Å². The van der Waals surface area contributed by atoms with Crippen molar-refractivity contribution in [3.63, 3.8) is 0 Å². The van der Waals surface area contributed by atoms with E-state index in [9.17, 15) is 0 Å². The van der Waals surface area contributed by atoms with Gasteiger partial charge in [-0.3, -0.25) is 0 Å². The summed E-state index contributed by atoms with van der Waals surface area (Å²) in [5.41, 5.74) is 2.68. The highest BCUT2D eigenvalue weighted by Crippen LogP contribution is 2.17. The second kappa shape index (κ2) is 10.1. The van der Waals surface area contributed by atoms with Crippen LogP contribution in [0.1, 0.15) is 36.8 Å². The normalized spacial score (nSPS) is 13.1. The highest BCUT2D eigenvalue weighted by molar-refractivity contribution is 5.26. The summed E-state index contributed by atoms with van der Waals surface area (Å²) in [6.45, 7) is 2.89. The Morgan fingerprint density at radius 3 is 2.22 bits per heavy atom. The zero-order valence-corrected chi connectivity index (χ0v) is 14.4. The third kappa shape index (κ3) is 7.85. The fraction of sp³-hybridized carbons (Fsp3) is 0.429. The Balaban J connectivity index is 0.000000326. The second-order valence-corrected chi connectivity index (χ2v) is 6.17. The van der Waals surface area contributed by atoms with Crippen LogP contribution in [0.5, 0.6) is 5.75 Å². The molecule has 0 heterocycles. The molecule has 0 aromatic heterocycles. The summed E-state index contributed by atoms with van der Waals surface area (Å²) in [7, 11) is 2.01. The molecule has 0 unspecified atom stereocenters. The summed E-state index contributed by atoms with van der Waals surface area (Å²) in [4.78, 5) is 0. The van der Waals surface area contributed by atoms with Crippen LogP contribution in [0.3, 0.4) is 0 Å². The first-order chi connectivity index (χ1) is 11.3. The first kappa shape index (κ1) is 17.6. The molecule has 2 aromatic rings. The van der Waals surface area contributed by atoms with Crippen molar-refractivity contribution in [2.24, 2.45) is 0 Å². The van der Waals surface area contributed by atoms with E-state index in [-0.39, 0.29) is 0 Å². The molecule has 1 N–H and O–H groups in total. The molecule has 124 valence electrons. The van der Waals surface area contributed by atoms with Gasteiger partial charge in [-0.1, -0.05) is 48.0 Å². The summed E-state index contributed by atoms with van der Waals surface area (Å²) in [5.74, 6) is 0.973. The molecule has 0 aliphatic heterocycles. The van der Waals surface area contributed by atoms with E-state index in [0.29, 0.717) is 0 Å². The number of unbranched alkanes of at least 4 members (excludes halogenated alkanes) is 1. The van der Waals surface area contributed by atoms with Gasteiger partial charge in [0.2, 0.25) is 0 Å². The van der Waals surface area contributed by atoms with Gasteiger partial charge >= 0.3 is 0 Å². The SMILES string of the molecule is CNC1CC1.Cc1ccc(OCCCCc2ccccc2)cc1. The van der Waals surface area contributed by atoms with Crippen molar-refractivity contribution in [1.82, 2.24) is 5.32 Å². The van der Waals surface area contributed by atoms with Crippen LogP contribution in [-0.4, -0.2) is 19.7 Å². The Morgan fingerprint density at radius 1 is 0.957 bits per heavy atom. The average Bonchev–Trinajstić information content (AvgIpc) is 3.42. The number of hydrogen-bond acceptors (Lipinski definition) is 2. The Bertz CT molecular complexity index is 532. The Labute approximate surface area is 140 Å². The zero-order chi connectivity index (χ0) is 16.3. The lowest BCUT2D eigenvalue weighted by Crippen LogP contribution is -2.06. The highest BCUT2D eigenvalue weighted by Gasteiger charge is 2.17. The summed E-state index contributed by atoms with van der Waals surface area (Å²) >= 11 is 0. The van der Waals surface area contributed by atoms with E-state index in [1.807, 2.05) is 19.2 Å². The molecule has 0 radical (unpaired) electrons. The molecular formula is C21H29NO. The van der Waals surface area contributed by atoms with Gasteiger partial charge in [0.15, 0.2) is 0 Å². The van der Waals surface area contributed by atoms with E-state index in [0.717, 1.165) is 31.2 Å². The molecule has 0 atom stereocenters. The van der Waals surface area contributed by atoms with Crippen LogP contribution in [-0.2, 0) is 6.42 Å². The first-order valence-corrected chi connectivity index (χ1v) is 8.68. The molecule has 2 heteroatoms. The number of aryl methyl sites for hydroxylation is 2. The van der Waals surface area contributed by atoms with Crippen molar-refractivity contribution in [1.29, 1.82) is 0 Å². The molecule has 1 aliphatic rings. The van der Waals surface area contributed by atoms with Crippen LogP contribution in [0.2, 0.25) is 0 Å². The van der Waals surface area contributed by atoms with E-state index >= 15 is 0 Å². The molecule has 0 saturated heterocycles. The summed E-state index contributed by atoms with van der Waals surface area (Å²) < 4.78 is 5.70. The maximum atomic E-state index is 5.70. The Hall–Kier alpha value is -1.80. The van der Waals surface area contributed by atoms with Crippen LogP contribution in [0, 0.1) is 6.92 Å². The molecule has 3 rings (SSSR count). The molecule has 1 fully saturated rings. The lowest BCUT2D eigenvalue weighted by Gasteiger charge is -2.06. The third-order valence-electron chi connectivity index (χ3n) is 3.98. The monoisotopic (exact) mass is 311 g/mol. The third-order valence-corrected chi connectivity index (χ3v) is 3.98. The molecule has 0 amide bonds. The van der Waals surface area contributed by atoms with Gasteiger partial charge < -0.3 is 10.1 Å². The standard InChI is InChI=1S/C17H20O.C4H9N/c1-15-10-12-17(13-11-15)18-14-6-5-9-16-7-3-2-4-8-16;1-5-4-2-3-4/h2-4,7-8,10-13H,5-6,9,14H2,1H3;4-5H,2-3H2,1H3. The number of rotatable bonds is 7. The van der Waals surface area contributed by atoms with Gasteiger partial charge in [-0.15, -0.1) is 0 Å². The minimum absolute atomic E-state index is 0.801. The van der Waals surface area contributed by atoms with Gasteiger partial charge in [-0.2, -0.15) is 0 Å². The fourth-order valence-corrected chi connectivity index (χ4v) is 2.27. The van der Waals surface area contributed by atoms with Gasteiger partial charge in [0.1, 0.15) is 5.75 Å². The van der Waals surface area contributed by atoms with Crippen LogP contribution >= 0.6 is 0 Å². The Morgan fingerprint density at radius 2 is 1.65 bits per heavy atom. The zero-order valence-electron chi connectivity index (χ0n) is 14.4. The van der Waals surface area contributed by atoms with E-state index < -0.39 is 0 Å². The van der Waals surface area contributed by atoms with Crippen molar-refractivity contribution in [2.45, 2.75) is 45.1 Å². The molecule has 23 heavy (non-hydrogen) atoms. The van der Waals surface area contributed by atoms with Crippen LogP contribution in [0.15, 0.2) is 54.6 Å². The van der Waals surface area contributed by atoms with Gasteiger partial charge in [0.25, 0.3) is 0 Å². The van der Waals surface area contributed by atoms with Gasteiger partial charge in [-0.25, -0.2) is 0 Å². The topological polar surface area (TPSA) is 21.3 Å². The number of ether oxygens (including phenoxy) is 1. The molecule has 0 bridgehead atoms. The van der Waals surface area contributed by atoms with E-state index in [4.69, 9.17) is 4.74 Å². The highest BCUT2D eigenvalue weighted by atomic mass is 16.5. The van der Waals surface area contributed by atoms with E-state index in [2.05, 4.69) is 54.7 Å². The van der Waals surface area contributed by atoms with Gasteiger partial charge in [-0.05, 0) is 63.8 Å². The lowest BCUT2D eigenvalue weighted by atomic mass is 10.1. The van der Waals surface area contributed by atoms with Gasteiger partial charge in [0.05, 0.1) is 6.61 Å². The van der Waals surface area contributed by atoms with Crippen molar-refractivity contribution >= 4 is 0 Å². The molecule has 1 saturated carbocycles. The summed E-state index contributed by atoms with van der Waals surface area (Å²) in [5, 5.41) is 3.14.